The van der Waals surface area contributed by atoms with Gasteiger partial charge in [-0.2, -0.15) is 4.98 Å². The normalized spacial score (nSPS) is 18.8. The van der Waals surface area contributed by atoms with Crippen LogP contribution in [0.25, 0.3) is 0 Å². The van der Waals surface area contributed by atoms with E-state index < -0.39 is 0 Å². The Morgan fingerprint density at radius 1 is 1.24 bits per heavy atom. The Morgan fingerprint density at radius 2 is 1.95 bits per heavy atom. The molecule has 1 saturated carbocycles. The van der Waals surface area contributed by atoms with Gasteiger partial charge in [-0.25, -0.2) is 0 Å². The van der Waals surface area contributed by atoms with E-state index in [0.29, 0.717) is 5.89 Å². The van der Waals surface area contributed by atoms with E-state index in [1.807, 2.05) is 6.07 Å². The quantitative estimate of drug-likeness (QED) is 0.909. The first-order valence-electron chi connectivity index (χ1n) is 7.91. The predicted molar refractivity (Wildman–Crippen MR) is 81.8 cm³/mol. The molecule has 1 atom stereocenters. The number of rotatable bonds is 5. The molecule has 1 heterocycles. The lowest BCUT2D eigenvalue weighted by molar-refractivity contribution is 0.336. The molecule has 1 aliphatic rings. The minimum atomic E-state index is -0.148. The number of hydrogen-bond donors (Lipinski definition) is 1. The molecule has 1 fully saturated rings. The van der Waals surface area contributed by atoms with E-state index in [0.717, 1.165) is 31.5 Å². The fourth-order valence-electron chi connectivity index (χ4n) is 3.39. The fourth-order valence-corrected chi connectivity index (χ4v) is 3.39. The summed E-state index contributed by atoms with van der Waals surface area (Å²) in [7, 11) is 0. The predicted octanol–water partition coefficient (Wildman–Crippen LogP) is 3.73. The summed E-state index contributed by atoms with van der Waals surface area (Å²) < 4.78 is 5.45. The van der Waals surface area contributed by atoms with Gasteiger partial charge in [0.15, 0.2) is 5.82 Å². The van der Waals surface area contributed by atoms with Crippen LogP contribution in [-0.4, -0.2) is 10.1 Å². The van der Waals surface area contributed by atoms with Crippen molar-refractivity contribution in [2.75, 3.05) is 0 Å². The number of benzene rings is 1. The largest absolute Gasteiger partial charge is 0.338 e. The van der Waals surface area contributed by atoms with E-state index >= 15 is 0 Å². The molecule has 1 aromatic carbocycles. The van der Waals surface area contributed by atoms with Crippen LogP contribution in [0.15, 0.2) is 34.9 Å². The van der Waals surface area contributed by atoms with Crippen LogP contribution in [0.1, 0.15) is 68.8 Å². The lowest BCUT2D eigenvalue weighted by atomic mass is 9.78. The highest BCUT2D eigenvalue weighted by molar-refractivity contribution is 5.33. The monoisotopic (exact) mass is 285 g/mol. The molecular weight excluding hydrogens is 262 g/mol. The third-order valence-electron chi connectivity index (χ3n) is 4.57. The van der Waals surface area contributed by atoms with E-state index in [2.05, 4.69) is 41.3 Å². The average molecular weight is 285 g/mol. The van der Waals surface area contributed by atoms with Crippen molar-refractivity contribution in [3.05, 3.63) is 47.6 Å². The highest BCUT2D eigenvalue weighted by Gasteiger charge is 2.41. The van der Waals surface area contributed by atoms with Gasteiger partial charge in [0.05, 0.1) is 11.5 Å². The van der Waals surface area contributed by atoms with Gasteiger partial charge in [-0.3, -0.25) is 0 Å². The first-order valence-corrected chi connectivity index (χ1v) is 7.91. The molecule has 0 bridgehead atoms. The summed E-state index contributed by atoms with van der Waals surface area (Å²) in [5.41, 5.74) is 7.31. The summed E-state index contributed by atoms with van der Waals surface area (Å²) in [5.74, 6) is 1.39. The topological polar surface area (TPSA) is 64.9 Å². The smallest absolute Gasteiger partial charge is 0.243 e. The molecule has 3 rings (SSSR count). The van der Waals surface area contributed by atoms with E-state index in [1.165, 1.54) is 18.4 Å². The highest BCUT2D eigenvalue weighted by atomic mass is 16.5. The Bertz CT molecular complexity index is 573. The van der Waals surface area contributed by atoms with E-state index in [1.54, 1.807) is 0 Å². The van der Waals surface area contributed by atoms with Crippen LogP contribution in [0, 0.1) is 0 Å². The molecule has 0 radical (unpaired) electrons. The van der Waals surface area contributed by atoms with Gasteiger partial charge in [-0.15, -0.1) is 0 Å². The molecule has 0 saturated heterocycles. The van der Waals surface area contributed by atoms with Gasteiger partial charge in [0.25, 0.3) is 0 Å². The van der Waals surface area contributed by atoms with Crippen molar-refractivity contribution in [2.24, 2.45) is 5.73 Å². The Kier molecular flexibility index (Phi) is 4.06. The van der Waals surface area contributed by atoms with Crippen LogP contribution in [0.3, 0.4) is 0 Å². The maximum absolute atomic E-state index is 6.10. The molecule has 4 nitrogen and oxygen atoms in total. The number of hydrogen-bond acceptors (Lipinski definition) is 4. The summed E-state index contributed by atoms with van der Waals surface area (Å²) in [6.45, 7) is 2.11. The zero-order chi connectivity index (χ0) is 14.7. The second-order valence-electron chi connectivity index (χ2n) is 6.01. The van der Waals surface area contributed by atoms with Crippen molar-refractivity contribution in [3.8, 4) is 0 Å². The van der Waals surface area contributed by atoms with Crippen LogP contribution >= 0.6 is 0 Å². The second-order valence-corrected chi connectivity index (χ2v) is 6.01. The summed E-state index contributed by atoms with van der Waals surface area (Å²) in [6.07, 6.45) is 6.47. The lowest BCUT2D eigenvalue weighted by Crippen LogP contribution is -2.25. The van der Waals surface area contributed by atoms with Gasteiger partial charge in [0, 0.05) is 0 Å². The molecule has 112 valence electrons. The summed E-state index contributed by atoms with van der Waals surface area (Å²) in [4.78, 5) is 4.66. The van der Waals surface area contributed by atoms with Crippen molar-refractivity contribution in [1.29, 1.82) is 0 Å². The molecule has 2 N–H and O–H groups in total. The van der Waals surface area contributed by atoms with Crippen molar-refractivity contribution < 1.29 is 4.52 Å². The van der Waals surface area contributed by atoms with Crippen molar-refractivity contribution >= 4 is 0 Å². The molecule has 21 heavy (non-hydrogen) atoms. The molecule has 2 aromatic rings. The Balaban J connectivity index is 1.95. The van der Waals surface area contributed by atoms with E-state index in [9.17, 15) is 0 Å². The SMILES string of the molecule is CCCC(N)c1nc(C2(c3ccccc3)CCCC2)no1. The molecule has 0 amide bonds. The van der Waals surface area contributed by atoms with Gasteiger partial charge in [0.1, 0.15) is 0 Å². The van der Waals surface area contributed by atoms with Crippen LogP contribution < -0.4 is 5.73 Å². The zero-order valence-corrected chi connectivity index (χ0v) is 12.6. The Hall–Kier alpha value is -1.68. The Labute approximate surface area is 125 Å². The van der Waals surface area contributed by atoms with Crippen LogP contribution in [0.5, 0.6) is 0 Å². The number of nitrogens with two attached hydrogens (primary N) is 1. The molecule has 4 heteroatoms. The highest BCUT2D eigenvalue weighted by Crippen LogP contribution is 2.45. The third-order valence-corrected chi connectivity index (χ3v) is 4.57. The summed E-state index contributed by atoms with van der Waals surface area (Å²) in [6, 6.07) is 10.4. The maximum atomic E-state index is 6.10. The molecule has 1 unspecified atom stereocenters. The number of aromatic nitrogens is 2. The van der Waals surface area contributed by atoms with Gasteiger partial charge < -0.3 is 10.3 Å². The van der Waals surface area contributed by atoms with Gasteiger partial charge >= 0.3 is 0 Å². The summed E-state index contributed by atoms with van der Waals surface area (Å²) >= 11 is 0. The molecule has 1 aromatic heterocycles. The average Bonchev–Trinajstić information content (AvgIpc) is 3.18. The third kappa shape index (κ3) is 2.60. The first-order chi connectivity index (χ1) is 10.3. The second kappa shape index (κ2) is 5.98. The molecular formula is C17H23N3O. The van der Waals surface area contributed by atoms with Crippen LogP contribution in [-0.2, 0) is 5.41 Å². The fraction of sp³-hybridized carbons (Fsp3) is 0.529. The van der Waals surface area contributed by atoms with E-state index in [4.69, 9.17) is 10.3 Å². The zero-order valence-electron chi connectivity index (χ0n) is 12.6. The van der Waals surface area contributed by atoms with Crippen LogP contribution in [0.2, 0.25) is 0 Å². The first kappa shape index (κ1) is 14.3. The van der Waals surface area contributed by atoms with Gasteiger partial charge in [-0.05, 0) is 24.8 Å². The number of nitrogens with zero attached hydrogens (tertiary/aromatic N) is 2. The van der Waals surface area contributed by atoms with Gasteiger partial charge in [-0.1, -0.05) is 61.7 Å². The van der Waals surface area contributed by atoms with Crippen molar-refractivity contribution in [2.45, 2.75) is 56.9 Å². The van der Waals surface area contributed by atoms with Crippen LogP contribution in [0.4, 0.5) is 0 Å². The lowest BCUT2D eigenvalue weighted by Gasteiger charge is -2.25. The molecule has 0 spiro atoms. The van der Waals surface area contributed by atoms with Gasteiger partial charge in [0.2, 0.25) is 5.89 Å². The minimum absolute atomic E-state index is 0.0883. The van der Waals surface area contributed by atoms with Crippen molar-refractivity contribution in [1.82, 2.24) is 10.1 Å². The van der Waals surface area contributed by atoms with Crippen molar-refractivity contribution in [3.63, 3.8) is 0 Å². The standard InChI is InChI=1S/C17H23N3O/c1-2-8-14(18)15-19-16(20-21-15)17(11-6-7-12-17)13-9-4-3-5-10-13/h3-5,9-10,14H,2,6-8,11-12,18H2,1H3. The maximum Gasteiger partial charge on any atom is 0.243 e. The molecule has 1 aliphatic carbocycles. The minimum Gasteiger partial charge on any atom is -0.338 e. The summed E-state index contributed by atoms with van der Waals surface area (Å²) in [5, 5.41) is 4.28. The Morgan fingerprint density at radius 3 is 2.62 bits per heavy atom. The molecule has 0 aliphatic heterocycles. The van der Waals surface area contributed by atoms with E-state index in [-0.39, 0.29) is 11.5 Å².